The van der Waals surface area contributed by atoms with Gasteiger partial charge in [0, 0.05) is 19.0 Å². The second-order valence-electron chi connectivity index (χ2n) is 7.31. The lowest BCUT2D eigenvalue weighted by Gasteiger charge is -2.23. The van der Waals surface area contributed by atoms with E-state index in [0.717, 1.165) is 5.56 Å². The number of amides is 1. The van der Waals surface area contributed by atoms with Crippen LogP contribution in [0.25, 0.3) is 11.0 Å². The molecule has 3 N–H and O–H groups in total. The van der Waals surface area contributed by atoms with Gasteiger partial charge in [-0.1, -0.05) is 36.3 Å². The van der Waals surface area contributed by atoms with Crippen LogP contribution in [0, 0.1) is 12.3 Å². The molecule has 3 heterocycles. The first-order valence-electron chi connectivity index (χ1n) is 9.92. The summed E-state index contributed by atoms with van der Waals surface area (Å²) in [5.41, 5.74) is -0.0797. The first-order valence-corrected chi connectivity index (χ1v) is 10.3. The zero-order valence-corrected chi connectivity index (χ0v) is 17.7. The Morgan fingerprint density at radius 2 is 2.16 bits per heavy atom. The van der Waals surface area contributed by atoms with Crippen LogP contribution < -0.4 is 5.32 Å². The summed E-state index contributed by atoms with van der Waals surface area (Å²) in [4.78, 5) is 20.6. The second-order valence-corrected chi connectivity index (χ2v) is 7.65. The Bertz CT molecular complexity index is 1160. The van der Waals surface area contributed by atoms with Crippen LogP contribution in [0.3, 0.4) is 0 Å². The van der Waals surface area contributed by atoms with Crippen molar-refractivity contribution >= 4 is 34.5 Å². The summed E-state index contributed by atoms with van der Waals surface area (Å²) in [6.07, 6.45) is 5.41. The van der Waals surface area contributed by atoms with Crippen molar-refractivity contribution in [1.29, 1.82) is 0 Å². The molecule has 0 spiro atoms. The highest BCUT2D eigenvalue weighted by molar-refractivity contribution is 6.28. The van der Waals surface area contributed by atoms with Gasteiger partial charge in [-0.15, -0.1) is 6.42 Å². The number of nitrogens with zero attached hydrogens (tertiary/aromatic N) is 3. The van der Waals surface area contributed by atoms with Gasteiger partial charge in [0.2, 0.25) is 5.28 Å². The third-order valence-corrected chi connectivity index (χ3v) is 5.50. The predicted octanol–water partition coefficient (Wildman–Crippen LogP) is 2.52. The number of rotatable bonds is 6. The topological polar surface area (TPSA) is 119 Å². The van der Waals surface area contributed by atoms with Gasteiger partial charge < -0.3 is 24.3 Å². The van der Waals surface area contributed by atoms with Gasteiger partial charge in [0.1, 0.15) is 23.8 Å². The Morgan fingerprint density at radius 3 is 2.84 bits per heavy atom. The smallest absolute Gasteiger partial charge is 0.412 e. The average molecular weight is 457 g/mol. The van der Waals surface area contributed by atoms with E-state index < -0.39 is 30.6 Å². The second kappa shape index (κ2) is 9.14. The van der Waals surface area contributed by atoms with Crippen molar-refractivity contribution in [1.82, 2.24) is 14.5 Å². The van der Waals surface area contributed by atoms with E-state index in [0.29, 0.717) is 17.5 Å². The summed E-state index contributed by atoms with van der Waals surface area (Å²) < 4.78 is 12.6. The van der Waals surface area contributed by atoms with Gasteiger partial charge in [-0.05, 0) is 23.2 Å². The van der Waals surface area contributed by atoms with Crippen molar-refractivity contribution in [3.8, 4) is 12.3 Å². The predicted molar refractivity (Wildman–Crippen MR) is 117 cm³/mol. The fraction of sp³-hybridized carbons (Fsp3) is 0.318. The van der Waals surface area contributed by atoms with Crippen LogP contribution in [0.2, 0.25) is 5.28 Å². The van der Waals surface area contributed by atoms with Gasteiger partial charge in [0.25, 0.3) is 0 Å². The molecule has 3 atom stereocenters. The van der Waals surface area contributed by atoms with Crippen molar-refractivity contribution in [2.75, 3.05) is 18.5 Å². The molecule has 1 aliphatic rings. The molecule has 1 aliphatic heterocycles. The number of terminal acetylenes is 1. The van der Waals surface area contributed by atoms with Gasteiger partial charge in [0.15, 0.2) is 5.60 Å². The minimum Gasteiger partial charge on any atom is -0.449 e. The van der Waals surface area contributed by atoms with Crippen LogP contribution >= 0.6 is 11.6 Å². The van der Waals surface area contributed by atoms with Gasteiger partial charge in [-0.3, -0.25) is 5.32 Å². The van der Waals surface area contributed by atoms with E-state index in [1.165, 1.54) is 0 Å². The van der Waals surface area contributed by atoms with E-state index in [4.69, 9.17) is 27.5 Å². The monoisotopic (exact) mass is 456 g/mol. The van der Waals surface area contributed by atoms with Crippen molar-refractivity contribution in [2.45, 2.75) is 30.8 Å². The molecule has 166 valence electrons. The molecule has 0 saturated carbocycles. The third-order valence-electron chi connectivity index (χ3n) is 5.33. The number of nitrogens with one attached hydrogen (secondary N) is 1. The third kappa shape index (κ3) is 4.26. The number of carbonyl (C=O) groups is 1. The molecule has 4 rings (SSSR count). The summed E-state index contributed by atoms with van der Waals surface area (Å²) in [5.74, 6) is 2.50. The highest BCUT2D eigenvalue weighted by Crippen LogP contribution is 2.38. The molecular formula is C22H21ClN4O5. The quantitative estimate of drug-likeness (QED) is 0.385. The number of benzene rings is 1. The van der Waals surface area contributed by atoms with Crippen LogP contribution in [0.1, 0.15) is 18.2 Å². The van der Waals surface area contributed by atoms with Crippen LogP contribution in [0.15, 0.2) is 42.6 Å². The minimum atomic E-state index is -1.50. The summed E-state index contributed by atoms with van der Waals surface area (Å²) in [6.45, 7) is -0.334. The van der Waals surface area contributed by atoms with E-state index in [2.05, 4.69) is 21.2 Å². The summed E-state index contributed by atoms with van der Waals surface area (Å²) >= 11 is 6.08. The van der Waals surface area contributed by atoms with Crippen molar-refractivity contribution in [3.63, 3.8) is 0 Å². The molecule has 0 aliphatic carbocycles. The van der Waals surface area contributed by atoms with Gasteiger partial charge in [-0.2, -0.15) is 9.97 Å². The Balaban J connectivity index is 1.50. The number of aromatic nitrogens is 3. The zero-order chi connectivity index (χ0) is 22.7. The molecule has 2 aromatic heterocycles. The van der Waals surface area contributed by atoms with Gasteiger partial charge >= 0.3 is 6.09 Å². The molecule has 10 heteroatoms. The molecule has 0 bridgehead atoms. The highest BCUT2D eigenvalue weighted by Gasteiger charge is 2.47. The Hall–Kier alpha value is -3.16. The number of halogens is 1. The molecule has 3 aromatic rings. The molecular weight excluding hydrogens is 436 g/mol. The molecule has 0 radical (unpaired) electrons. The minimum absolute atomic E-state index is 0.0963. The Labute approximate surface area is 189 Å². The maximum atomic E-state index is 12.3. The fourth-order valence-electron chi connectivity index (χ4n) is 3.61. The zero-order valence-electron chi connectivity index (χ0n) is 16.9. The van der Waals surface area contributed by atoms with E-state index >= 15 is 0 Å². The van der Waals surface area contributed by atoms with Gasteiger partial charge in [0.05, 0.1) is 18.6 Å². The van der Waals surface area contributed by atoms with Crippen molar-refractivity contribution < 1.29 is 24.5 Å². The molecule has 9 nitrogen and oxygen atoms in total. The van der Waals surface area contributed by atoms with Crippen LogP contribution in [-0.4, -0.2) is 55.8 Å². The highest BCUT2D eigenvalue weighted by atomic mass is 35.5. The number of aliphatic hydroxyl groups is 2. The van der Waals surface area contributed by atoms with E-state index in [-0.39, 0.29) is 24.1 Å². The number of hydrogen-bond donors (Lipinski definition) is 3. The molecule has 1 aromatic carbocycles. The lowest BCUT2D eigenvalue weighted by atomic mass is 9.99. The first-order chi connectivity index (χ1) is 15.5. The van der Waals surface area contributed by atoms with Crippen LogP contribution in [0.5, 0.6) is 0 Å². The van der Waals surface area contributed by atoms with Crippen LogP contribution in [-0.2, 0) is 15.9 Å². The molecule has 1 saturated heterocycles. The number of anilines is 1. The first kappa shape index (κ1) is 22.0. The maximum Gasteiger partial charge on any atom is 0.412 e. The Morgan fingerprint density at radius 1 is 1.38 bits per heavy atom. The Kier molecular flexibility index (Phi) is 6.30. The van der Waals surface area contributed by atoms with E-state index in [9.17, 15) is 15.0 Å². The lowest BCUT2D eigenvalue weighted by molar-refractivity contribution is -0.0890. The number of ether oxygens (including phenoxy) is 2. The van der Waals surface area contributed by atoms with Crippen LogP contribution in [0.4, 0.5) is 10.6 Å². The number of hydrogen-bond acceptors (Lipinski definition) is 7. The number of aliphatic hydroxyl groups excluding tert-OH is 2. The molecule has 0 unspecified atom stereocenters. The SMILES string of the molecule is C#C[C@]1(CO)O[C@@H](n2ccc3c(NC(=O)OCCc4ccccc4)nc(Cl)nc32)C[C@@H]1O. The summed E-state index contributed by atoms with van der Waals surface area (Å²) in [5, 5.41) is 22.9. The number of fused-ring (bicyclic) bond motifs is 1. The fourth-order valence-corrected chi connectivity index (χ4v) is 3.78. The van der Waals surface area contributed by atoms with Crippen molar-refractivity contribution in [3.05, 3.63) is 53.4 Å². The largest absolute Gasteiger partial charge is 0.449 e. The van der Waals surface area contributed by atoms with Gasteiger partial charge in [-0.25, -0.2) is 4.79 Å². The van der Waals surface area contributed by atoms with E-state index in [1.807, 2.05) is 30.3 Å². The average Bonchev–Trinajstić information content (AvgIpc) is 3.35. The standard InChI is InChI=1S/C22H21ClN4O5/c1-2-22(13-28)16(29)12-17(32-22)27-10-8-15-18(24-20(23)26-19(15)27)25-21(30)31-11-9-14-6-4-3-5-7-14/h1,3-8,10,16-17,28-29H,9,11-13H2,(H,24,25,26,30)/t16-,17+,22+/m0/s1. The lowest BCUT2D eigenvalue weighted by Crippen LogP contribution is -2.41. The summed E-state index contributed by atoms with van der Waals surface area (Å²) in [7, 11) is 0. The normalized spacial score (nSPS) is 22.6. The summed E-state index contributed by atoms with van der Waals surface area (Å²) in [6, 6.07) is 11.3. The van der Waals surface area contributed by atoms with Crippen molar-refractivity contribution in [2.24, 2.45) is 0 Å². The molecule has 1 amide bonds. The molecule has 1 fully saturated rings. The maximum absolute atomic E-state index is 12.3. The van der Waals surface area contributed by atoms with E-state index in [1.54, 1.807) is 16.8 Å². The molecule has 32 heavy (non-hydrogen) atoms. The number of carbonyl (C=O) groups excluding carboxylic acids is 1.